The monoisotopic (exact) mass is 414 g/mol. The van der Waals surface area contributed by atoms with Crippen LogP contribution in [0.3, 0.4) is 0 Å². The van der Waals surface area contributed by atoms with E-state index < -0.39 is 4.92 Å². The number of hydrogen-bond donors (Lipinski definition) is 0. The summed E-state index contributed by atoms with van der Waals surface area (Å²) in [5.41, 5.74) is 1.52. The molecule has 0 aliphatic rings. The van der Waals surface area contributed by atoms with Gasteiger partial charge in [0.2, 0.25) is 17.6 Å². The van der Waals surface area contributed by atoms with Crippen molar-refractivity contribution in [3.05, 3.63) is 75.1 Å². The molecule has 3 rings (SSSR count). The summed E-state index contributed by atoms with van der Waals surface area (Å²) in [6.07, 6.45) is 1.35. The van der Waals surface area contributed by atoms with Crippen LogP contribution in [0.25, 0.3) is 11.4 Å². The van der Waals surface area contributed by atoms with Crippen molar-refractivity contribution in [3.8, 4) is 11.4 Å². The molecule has 150 valence electrons. The second-order valence-corrected chi connectivity index (χ2v) is 6.99. The van der Waals surface area contributed by atoms with E-state index in [1.54, 1.807) is 36.2 Å². The van der Waals surface area contributed by atoms with E-state index in [-0.39, 0.29) is 11.6 Å². The van der Waals surface area contributed by atoms with Gasteiger partial charge < -0.3 is 9.42 Å². The molecule has 0 radical (unpaired) electrons. The van der Waals surface area contributed by atoms with Gasteiger partial charge in [-0.05, 0) is 36.2 Å². The Hall–Kier alpha value is -3.26. The van der Waals surface area contributed by atoms with Crippen molar-refractivity contribution in [1.82, 2.24) is 15.0 Å². The molecule has 0 spiro atoms. The highest BCUT2D eigenvalue weighted by Gasteiger charge is 2.13. The van der Waals surface area contributed by atoms with E-state index in [1.807, 2.05) is 12.1 Å². The molecule has 29 heavy (non-hydrogen) atoms. The summed E-state index contributed by atoms with van der Waals surface area (Å²) in [4.78, 5) is 28.6. The zero-order valence-corrected chi connectivity index (χ0v) is 16.5. The van der Waals surface area contributed by atoms with Crippen LogP contribution in [-0.2, 0) is 17.8 Å². The standard InChI is InChI=1S/C20H19ClN4O4/c1-24(13-14-4-2-5-17(12-14)25(27)28)19(26)7-3-6-18-22-20(23-29-18)15-8-10-16(21)11-9-15/h2,4-5,8-12H,3,6-7,13H2,1H3. The maximum Gasteiger partial charge on any atom is 0.269 e. The third kappa shape index (κ3) is 5.61. The van der Waals surface area contributed by atoms with E-state index in [0.717, 1.165) is 5.56 Å². The van der Waals surface area contributed by atoms with Crippen LogP contribution in [-0.4, -0.2) is 32.9 Å². The second-order valence-electron chi connectivity index (χ2n) is 6.55. The normalized spacial score (nSPS) is 10.7. The lowest BCUT2D eigenvalue weighted by atomic mass is 10.1. The van der Waals surface area contributed by atoms with Gasteiger partial charge in [-0.1, -0.05) is 28.9 Å². The Labute approximate surface area is 172 Å². The SMILES string of the molecule is CN(Cc1cccc([N+](=O)[O-])c1)C(=O)CCCc1nc(-c2ccc(Cl)cc2)no1. The predicted octanol–water partition coefficient (Wildman–Crippen LogP) is 4.28. The highest BCUT2D eigenvalue weighted by atomic mass is 35.5. The molecule has 0 aliphatic carbocycles. The molecule has 0 aliphatic heterocycles. The maximum absolute atomic E-state index is 12.3. The number of nitrogens with zero attached hydrogens (tertiary/aromatic N) is 4. The number of nitro benzene ring substituents is 1. The van der Waals surface area contributed by atoms with Gasteiger partial charge in [0.1, 0.15) is 0 Å². The van der Waals surface area contributed by atoms with Gasteiger partial charge in [-0.3, -0.25) is 14.9 Å². The highest BCUT2D eigenvalue weighted by Crippen LogP contribution is 2.19. The van der Waals surface area contributed by atoms with Crippen molar-refractivity contribution in [2.75, 3.05) is 7.05 Å². The van der Waals surface area contributed by atoms with Gasteiger partial charge in [-0.25, -0.2) is 0 Å². The number of amides is 1. The fourth-order valence-corrected chi connectivity index (χ4v) is 2.91. The van der Waals surface area contributed by atoms with Crippen LogP contribution in [0.4, 0.5) is 5.69 Å². The topological polar surface area (TPSA) is 102 Å². The van der Waals surface area contributed by atoms with E-state index >= 15 is 0 Å². The summed E-state index contributed by atoms with van der Waals surface area (Å²) in [6.45, 7) is 0.307. The Morgan fingerprint density at radius 3 is 2.72 bits per heavy atom. The molecule has 0 bridgehead atoms. The van der Waals surface area contributed by atoms with E-state index in [2.05, 4.69) is 10.1 Å². The number of aryl methyl sites for hydroxylation is 1. The van der Waals surface area contributed by atoms with Crippen LogP contribution in [0.5, 0.6) is 0 Å². The number of halogens is 1. The Bertz CT molecular complexity index is 1000. The van der Waals surface area contributed by atoms with Crippen molar-refractivity contribution < 1.29 is 14.2 Å². The number of rotatable bonds is 8. The lowest BCUT2D eigenvalue weighted by molar-refractivity contribution is -0.384. The first kappa shape index (κ1) is 20.5. The van der Waals surface area contributed by atoms with Crippen LogP contribution in [0.15, 0.2) is 53.1 Å². The molecule has 1 aromatic heterocycles. The minimum absolute atomic E-state index is 0.0104. The van der Waals surface area contributed by atoms with Gasteiger partial charge in [0.15, 0.2) is 0 Å². The maximum atomic E-state index is 12.3. The van der Waals surface area contributed by atoms with Gasteiger partial charge in [-0.2, -0.15) is 4.98 Å². The summed E-state index contributed by atoms with van der Waals surface area (Å²) >= 11 is 5.87. The molecule has 0 unspecified atom stereocenters. The summed E-state index contributed by atoms with van der Waals surface area (Å²) in [5, 5.41) is 15.4. The fraction of sp³-hybridized carbons (Fsp3) is 0.250. The van der Waals surface area contributed by atoms with Gasteiger partial charge >= 0.3 is 0 Å². The first-order valence-corrected chi connectivity index (χ1v) is 9.36. The van der Waals surface area contributed by atoms with Crippen molar-refractivity contribution in [2.45, 2.75) is 25.8 Å². The van der Waals surface area contributed by atoms with Crippen molar-refractivity contribution in [3.63, 3.8) is 0 Å². The average Bonchev–Trinajstić information content (AvgIpc) is 3.17. The molecular weight excluding hydrogens is 396 g/mol. The van der Waals surface area contributed by atoms with Gasteiger partial charge in [-0.15, -0.1) is 0 Å². The van der Waals surface area contributed by atoms with Crippen molar-refractivity contribution in [1.29, 1.82) is 0 Å². The number of nitro groups is 1. The highest BCUT2D eigenvalue weighted by molar-refractivity contribution is 6.30. The summed E-state index contributed by atoms with van der Waals surface area (Å²) < 4.78 is 5.24. The number of hydrogen-bond acceptors (Lipinski definition) is 6. The quantitative estimate of drug-likeness (QED) is 0.402. The molecule has 0 saturated carbocycles. The van der Waals surface area contributed by atoms with E-state index in [4.69, 9.17) is 16.1 Å². The van der Waals surface area contributed by atoms with Crippen molar-refractivity contribution in [2.24, 2.45) is 0 Å². The third-order valence-electron chi connectivity index (χ3n) is 4.32. The van der Waals surface area contributed by atoms with Gasteiger partial charge in [0.25, 0.3) is 5.69 Å². The van der Waals surface area contributed by atoms with E-state index in [0.29, 0.717) is 48.1 Å². The number of aromatic nitrogens is 2. The predicted molar refractivity (Wildman–Crippen MR) is 107 cm³/mol. The van der Waals surface area contributed by atoms with Crippen LogP contribution < -0.4 is 0 Å². The molecule has 0 fully saturated rings. The molecule has 0 atom stereocenters. The van der Waals surface area contributed by atoms with E-state index in [1.165, 1.54) is 12.1 Å². The summed E-state index contributed by atoms with van der Waals surface area (Å²) in [7, 11) is 1.67. The zero-order valence-electron chi connectivity index (χ0n) is 15.7. The van der Waals surface area contributed by atoms with Crippen molar-refractivity contribution >= 4 is 23.2 Å². The number of non-ortho nitro benzene ring substituents is 1. The van der Waals surface area contributed by atoms with Gasteiger partial charge in [0, 0.05) is 49.2 Å². The molecule has 3 aromatic rings. The first-order valence-electron chi connectivity index (χ1n) is 8.98. The Kier molecular flexibility index (Phi) is 6.56. The Morgan fingerprint density at radius 1 is 1.24 bits per heavy atom. The van der Waals surface area contributed by atoms with Crippen LogP contribution in [0.2, 0.25) is 5.02 Å². The Morgan fingerprint density at radius 2 is 2.00 bits per heavy atom. The number of carbonyl (C=O) groups excluding carboxylic acids is 1. The minimum Gasteiger partial charge on any atom is -0.341 e. The molecule has 2 aromatic carbocycles. The lowest BCUT2D eigenvalue weighted by Crippen LogP contribution is -2.26. The minimum atomic E-state index is -0.450. The summed E-state index contributed by atoms with van der Waals surface area (Å²) in [5.74, 6) is 0.879. The van der Waals surface area contributed by atoms with Crippen LogP contribution >= 0.6 is 11.6 Å². The lowest BCUT2D eigenvalue weighted by Gasteiger charge is -2.17. The van der Waals surface area contributed by atoms with Gasteiger partial charge in [0.05, 0.1) is 4.92 Å². The van der Waals surface area contributed by atoms with E-state index in [9.17, 15) is 14.9 Å². The number of benzene rings is 2. The van der Waals surface area contributed by atoms with Crippen LogP contribution in [0.1, 0.15) is 24.3 Å². The van der Waals surface area contributed by atoms with Crippen LogP contribution in [0, 0.1) is 10.1 Å². The third-order valence-corrected chi connectivity index (χ3v) is 4.57. The fourth-order valence-electron chi connectivity index (χ4n) is 2.78. The molecule has 9 heteroatoms. The molecule has 0 saturated heterocycles. The molecular formula is C20H19ClN4O4. The molecule has 1 heterocycles. The summed E-state index contributed by atoms with van der Waals surface area (Å²) in [6, 6.07) is 13.4. The smallest absolute Gasteiger partial charge is 0.269 e. The first-order chi connectivity index (χ1) is 13.9. The Balaban J connectivity index is 1.49. The average molecular weight is 415 g/mol. The molecule has 8 nitrogen and oxygen atoms in total. The molecule has 0 N–H and O–H groups in total. The second kappa shape index (κ2) is 9.29. The molecule has 1 amide bonds. The number of carbonyl (C=O) groups is 1. The zero-order chi connectivity index (χ0) is 20.8. The largest absolute Gasteiger partial charge is 0.341 e.